The number of hydrogen-bond donors (Lipinski definition) is 1. The molecule has 0 fully saturated rings. The molecule has 0 bridgehead atoms. The van der Waals surface area contributed by atoms with Crippen molar-refractivity contribution in [1.29, 1.82) is 0 Å². The third-order valence-corrected chi connectivity index (χ3v) is 8.13. The van der Waals surface area contributed by atoms with Gasteiger partial charge >= 0.3 is 154 Å². The SMILES string of the molecule is CC(C)=CCC/C(C)=C/c1ccc(CCCCC(P(=O)([O-])[O-])P(=O)([O-])O)cc1.[K+].[K+].[K+]. The van der Waals surface area contributed by atoms with E-state index in [1.165, 1.54) is 11.1 Å². The Balaban J connectivity index is -0.00000261. The van der Waals surface area contributed by atoms with Crippen molar-refractivity contribution in [3.8, 4) is 0 Å². The topological polar surface area (TPSA) is 124 Å². The molecular weight excluding hydrogens is 515 g/mol. The Morgan fingerprint density at radius 3 is 2.00 bits per heavy atom. The molecule has 1 N–H and O–H groups in total. The summed E-state index contributed by atoms with van der Waals surface area (Å²) in [7, 11) is -10.6. The second kappa shape index (κ2) is 19.9. The molecule has 0 aliphatic rings. The van der Waals surface area contributed by atoms with E-state index in [4.69, 9.17) is 4.89 Å². The van der Waals surface area contributed by atoms with Gasteiger partial charge in [0.2, 0.25) is 0 Å². The first-order valence-electron chi connectivity index (χ1n) is 9.34. The van der Waals surface area contributed by atoms with Crippen LogP contribution in [0.25, 0.3) is 6.08 Å². The van der Waals surface area contributed by atoms with Crippen molar-refractivity contribution in [3.05, 3.63) is 52.6 Å². The quantitative estimate of drug-likeness (QED) is 0.128. The number of rotatable bonds is 11. The summed E-state index contributed by atoms with van der Waals surface area (Å²) < 4.78 is 22.1. The van der Waals surface area contributed by atoms with Crippen LogP contribution in [0.15, 0.2) is 41.5 Å². The minimum Gasteiger partial charge on any atom is -0.810 e. The Hall–Kier alpha value is 3.91. The fourth-order valence-electron chi connectivity index (χ4n) is 2.88. The fraction of sp³-hybridized carbons (Fsp3) is 0.500. The molecular formula is C20H29K3O6P2. The summed E-state index contributed by atoms with van der Waals surface area (Å²) in [6.45, 7) is 6.27. The van der Waals surface area contributed by atoms with Gasteiger partial charge in [0, 0.05) is 0 Å². The number of hydrogen-bond acceptors (Lipinski definition) is 5. The number of aryl methyl sites for hydroxylation is 1. The Kier molecular flexibility index (Phi) is 25.4. The van der Waals surface area contributed by atoms with Gasteiger partial charge in [-0.2, -0.15) is 0 Å². The van der Waals surface area contributed by atoms with Crippen molar-refractivity contribution in [3.63, 3.8) is 0 Å². The second-order valence-corrected chi connectivity index (χ2v) is 11.2. The van der Waals surface area contributed by atoms with Crippen LogP contribution in [0.4, 0.5) is 0 Å². The standard InChI is InChI=1S/C20H32O6P2.3K/c1-16(2)7-6-8-17(3)15-19-13-11-18(12-14-19)9-4-5-10-20(27(21,22)23)28(24,25)26;;;/h7,11-15,20H,4-6,8-10H2,1-3H3,(H2,21,22,23)(H2,24,25,26);;;/q;3*+1/p-3/b17-15+;;;. The molecule has 2 unspecified atom stereocenters. The summed E-state index contributed by atoms with van der Waals surface area (Å²) in [5, 5.41) is -2.23. The van der Waals surface area contributed by atoms with E-state index in [0.29, 0.717) is 12.8 Å². The van der Waals surface area contributed by atoms with Crippen molar-refractivity contribution in [2.24, 2.45) is 0 Å². The maximum absolute atomic E-state index is 11.1. The van der Waals surface area contributed by atoms with Crippen LogP contribution in [0, 0.1) is 0 Å². The molecule has 11 heteroatoms. The van der Waals surface area contributed by atoms with E-state index in [1.807, 2.05) is 24.3 Å². The van der Waals surface area contributed by atoms with Gasteiger partial charge < -0.3 is 28.7 Å². The second-order valence-electron chi connectivity index (χ2n) is 7.38. The van der Waals surface area contributed by atoms with E-state index >= 15 is 0 Å². The predicted molar refractivity (Wildman–Crippen MR) is 108 cm³/mol. The summed E-state index contributed by atoms with van der Waals surface area (Å²) in [4.78, 5) is 42.0. The van der Waals surface area contributed by atoms with Crippen LogP contribution in [-0.2, 0) is 15.6 Å². The van der Waals surface area contributed by atoms with Crippen molar-refractivity contribution in [2.45, 2.75) is 64.7 Å². The first kappa shape index (κ1) is 39.4. The summed E-state index contributed by atoms with van der Waals surface area (Å²) in [6, 6.07) is 7.96. The van der Waals surface area contributed by atoms with Crippen LogP contribution in [0.2, 0.25) is 0 Å². The molecule has 0 spiro atoms. The van der Waals surface area contributed by atoms with Crippen LogP contribution in [-0.4, -0.2) is 10.3 Å². The Morgan fingerprint density at radius 2 is 1.55 bits per heavy atom. The Bertz CT molecular complexity index is 759. The van der Waals surface area contributed by atoms with Gasteiger partial charge in [-0.25, -0.2) is 0 Å². The normalized spacial score (nSPS) is 14.2. The van der Waals surface area contributed by atoms with Crippen LogP contribution < -0.4 is 169 Å². The van der Waals surface area contributed by atoms with E-state index in [0.717, 1.165) is 24.0 Å². The van der Waals surface area contributed by atoms with E-state index in [1.54, 1.807) is 0 Å². The number of allylic oxidation sites excluding steroid dienone is 3. The first-order chi connectivity index (χ1) is 12.9. The molecule has 0 amide bonds. The van der Waals surface area contributed by atoms with Gasteiger partial charge in [-0.3, -0.25) is 0 Å². The molecule has 0 saturated carbocycles. The molecule has 6 nitrogen and oxygen atoms in total. The van der Waals surface area contributed by atoms with E-state index in [9.17, 15) is 23.8 Å². The van der Waals surface area contributed by atoms with Gasteiger partial charge in [-0.05, 0) is 64.0 Å². The third kappa shape index (κ3) is 18.8. The minimum atomic E-state index is -5.38. The van der Waals surface area contributed by atoms with Gasteiger partial charge in [0.15, 0.2) is 0 Å². The molecule has 1 aromatic rings. The number of benzene rings is 1. The van der Waals surface area contributed by atoms with E-state index < -0.39 is 20.6 Å². The molecule has 0 aliphatic carbocycles. The smallest absolute Gasteiger partial charge is 0.810 e. The average Bonchev–Trinajstić information content (AvgIpc) is 2.53. The zero-order valence-electron chi connectivity index (χ0n) is 19.7. The van der Waals surface area contributed by atoms with Crippen LogP contribution in [0.3, 0.4) is 0 Å². The summed E-state index contributed by atoms with van der Waals surface area (Å²) in [6.07, 6.45) is 7.37. The summed E-state index contributed by atoms with van der Waals surface area (Å²) >= 11 is 0. The minimum absolute atomic E-state index is 0. The molecule has 1 aromatic carbocycles. The monoisotopic (exact) mass is 544 g/mol. The van der Waals surface area contributed by atoms with Crippen molar-refractivity contribution >= 4 is 21.3 Å². The van der Waals surface area contributed by atoms with E-state index in [-0.39, 0.29) is 167 Å². The largest absolute Gasteiger partial charge is 1.00 e. The zero-order chi connectivity index (χ0) is 21.4. The van der Waals surface area contributed by atoms with E-state index in [2.05, 4.69) is 32.9 Å². The summed E-state index contributed by atoms with van der Waals surface area (Å²) in [5.41, 5.74) is 4.75. The molecule has 0 saturated heterocycles. The Labute approximate surface area is 314 Å². The fourth-order valence-corrected chi connectivity index (χ4v) is 5.32. The molecule has 2 atom stereocenters. The van der Waals surface area contributed by atoms with Gasteiger partial charge in [0.1, 0.15) is 7.60 Å². The molecule has 0 aliphatic heterocycles. The van der Waals surface area contributed by atoms with Crippen molar-refractivity contribution < 1.29 is 183 Å². The molecule has 0 radical (unpaired) electrons. The van der Waals surface area contributed by atoms with Crippen molar-refractivity contribution in [1.82, 2.24) is 0 Å². The molecule has 1 rings (SSSR count). The van der Waals surface area contributed by atoms with Crippen LogP contribution in [0.1, 0.15) is 64.0 Å². The van der Waals surface area contributed by atoms with Crippen molar-refractivity contribution in [2.75, 3.05) is 0 Å². The number of unbranched alkanes of at least 4 members (excludes halogenated alkanes) is 1. The van der Waals surface area contributed by atoms with Gasteiger partial charge in [0.25, 0.3) is 0 Å². The van der Waals surface area contributed by atoms with Crippen LogP contribution in [0.5, 0.6) is 0 Å². The van der Waals surface area contributed by atoms with Gasteiger partial charge in [-0.1, -0.05) is 61.6 Å². The molecule has 0 aromatic heterocycles. The Morgan fingerprint density at radius 1 is 1.00 bits per heavy atom. The third-order valence-electron chi connectivity index (χ3n) is 4.40. The maximum atomic E-state index is 11.1. The van der Waals surface area contributed by atoms with Gasteiger partial charge in [0.05, 0.1) is 5.40 Å². The van der Waals surface area contributed by atoms with Crippen LogP contribution >= 0.6 is 15.2 Å². The zero-order valence-corrected chi connectivity index (χ0v) is 30.8. The first-order valence-corrected chi connectivity index (χ1v) is 12.6. The predicted octanol–water partition coefficient (Wildman–Crippen LogP) is -5.65. The molecule has 31 heavy (non-hydrogen) atoms. The maximum Gasteiger partial charge on any atom is 1.00 e. The summed E-state index contributed by atoms with van der Waals surface area (Å²) in [5.74, 6) is 0. The molecule has 0 heterocycles. The molecule has 158 valence electrons. The van der Waals surface area contributed by atoms with Gasteiger partial charge in [-0.15, -0.1) is 0 Å². The average molecular weight is 545 g/mol.